The van der Waals surface area contributed by atoms with Crippen molar-refractivity contribution >= 4 is 0 Å². The van der Waals surface area contributed by atoms with Crippen molar-refractivity contribution in [1.29, 1.82) is 0 Å². The Labute approximate surface area is 128 Å². The molecule has 0 spiro atoms. The molecule has 0 aliphatic carbocycles. The first-order chi connectivity index (χ1) is 10.1. The molecule has 0 saturated carbocycles. The SMILES string of the molecule is CCCNC(Cc1cc(C)ccc1C)c1cnn(CC)c1. The van der Waals surface area contributed by atoms with Gasteiger partial charge in [-0.05, 0) is 51.3 Å². The topological polar surface area (TPSA) is 29.9 Å². The van der Waals surface area contributed by atoms with Crippen molar-refractivity contribution in [2.24, 2.45) is 0 Å². The quantitative estimate of drug-likeness (QED) is 0.838. The second-order valence-electron chi connectivity index (χ2n) is 5.77. The lowest BCUT2D eigenvalue weighted by Crippen LogP contribution is -2.24. The molecule has 1 N–H and O–H groups in total. The molecular weight excluding hydrogens is 258 g/mol. The summed E-state index contributed by atoms with van der Waals surface area (Å²) in [5.41, 5.74) is 5.40. The van der Waals surface area contributed by atoms with Crippen LogP contribution >= 0.6 is 0 Å². The Balaban J connectivity index is 2.21. The molecular formula is C18H27N3. The van der Waals surface area contributed by atoms with Crippen molar-refractivity contribution in [1.82, 2.24) is 15.1 Å². The van der Waals surface area contributed by atoms with Crippen molar-refractivity contribution in [3.63, 3.8) is 0 Å². The van der Waals surface area contributed by atoms with Gasteiger partial charge in [0.1, 0.15) is 0 Å². The van der Waals surface area contributed by atoms with Gasteiger partial charge in [0.15, 0.2) is 0 Å². The summed E-state index contributed by atoms with van der Waals surface area (Å²) in [6, 6.07) is 7.05. The molecule has 0 aliphatic heterocycles. The van der Waals surface area contributed by atoms with Crippen LogP contribution in [-0.2, 0) is 13.0 Å². The van der Waals surface area contributed by atoms with E-state index in [1.54, 1.807) is 0 Å². The monoisotopic (exact) mass is 285 g/mol. The molecule has 0 aliphatic rings. The zero-order valence-corrected chi connectivity index (χ0v) is 13.7. The lowest BCUT2D eigenvalue weighted by Gasteiger charge is -2.19. The summed E-state index contributed by atoms with van der Waals surface area (Å²) in [5, 5.41) is 8.09. The van der Waals surface area contributed by atoms with Crippen molar-refractivity contribution in [2.75, 3.05) is 6.54 Å². The van der Waals surface area contributed by atoms with E-state index < -0.39 is 0 Å². The normalized spacial score (nSPS) is 12.6. The number of aryl methyl sites for hydroxylation is 3. The number of nitrogens with zero attached hydrogens (tertiary/aromatic N) is 2. The van der Waals surface area contributed by atoms with Gasteiger partial charge in [-0.25, -0.2) is 0 Å². The molecule has 114 valence electrons. The first-order valence-corrected chi connectivity index (χ1v) is 7.95. The van der Waals surface area contributed by atoms with Gasteiger partial charge in [0, 0.05) is 24.3 Å². The lowest BCUT2D eigenvalue weighted by atomic mass is 9.96. The summed E-state index contributed by atoms with van der Waals surface area (Å²) in [6.45, 7) is 10.6. The van der Waals surface area contributed by atoms with E-state index in [1.807, 2.05) is 10.9 Å². The van der Waals surface area contributed by atoms with Crippen LogP contribution in [0.5, 0.6) is 0 Å². The van der Waals surface area contributed by atoms with Crippen LogP contribution in [0.4, 0.5) is 0 Å². The number of rotatable bonds is 7. The maximum Gasteiger partial charge on any atom is 0.0537 e. The lowest BCUT2D eigenvalue weighted by molar-refractivity contribution is 0.527. The highest BCUT2D eigenvalue weighted by atomic mass is 15.3. The number of aromatic nitrogens is 2. The predicted molar refractivity (Wildman–Crippen MR) is 88.6 cm³/mol. The number of hydrogen-bond acceptors (Lipinski definition) is 2. The summed E-state index contributed by atoms with van der Waals surface area (Å²) < 4.78 is 2.00. The second kappa shape index (κ2) is 7.41. The predicted octanol–water partition coefficient (Wildman–Crippen LogP) is 3.80. The Bertz CT molecular complexity index is 572. The molecule has 1 aromatic carbocycles. The van der Waals surface area contributed by atoms with Crippen LogP contribution in [-0.4, -0.2) is 16.3 Å². The maximum absolute atomic E-state index is 4.42. The van der Waals surface area contributed by atoms with E-state index in [4.69, 9.17) is 0 Å². The molecule has 2 rings (SSSR count). The Kier molecular flexibility index (Phi) is 5.57. The van der Waals surface area contributed by atoms with Gasteiger partial charge >= 0.3 is 0 Å². The second-order valence-corrected chi connectivity index (χ2v) is 5.77. The van der Waals surface area contributed by atoms with Crippen molar-refractivity contribution in [3.05, 3.63) is 52.8 Å². The Hall–Kier alpha value is -1.61. The van der Waals surface area contributed by atoms with Gasteiger partial charge in [0.05, 0.1) is 6.20 Å². The molecule has 0 amide bonds. The van der Waals surface area contributed by atoms with Crippen LogP contribution in [0.25, 0.3) is 0 Å². The van der Waals surface area contributed by atoms with Gasteiger partial charge in [0.2, 0.25) is 0 Å². The Morgan fingerprint density at radius 1 is 1.24 bits per heavy atom. The van der Waals surface area contributed by atoms with Crippen molar-refractivity contribution in [2.45, 2.75) is 53.1 Å². The van der Waals surface area contributed by atoms with Crippen LogP contribution in [0.2, 0.25) is 0 Å². The third-order valence-electron chi connectivity index (χ3n) is 3.95. The van der Waals surface area contributed by atoms with E-state index in [9.17, 15) is 0 Å². The summed E-state index contributed by atoms with van der Waals surface area (Å²) in [6.07, 6.45) is 6.33. The Morgan fingerprint density at radius 3 is 2.71 bits per heavy atom. The molecule has 0 saturated heterocycles. The van der Waals surface area contributed by atoms with Crippen LogP contribution in [0, 0.1) is 13.8 Å². The van der Waals surface area contributed by atoms with Gasteiger partial charge in [-0.15, -0.1) is 0 Å². The minimum atomic E-state index is 0.339. The molecule has 1 aromatic heterocycles. The van der Waals surface area contributed by atoms with E-state index in [2.05, 4.69) is 62.5 Å². The third kappa shape index (κ3) is 4.18. The molecule has 0 bridgehead atoms. The minimum Gasteiger partial charge on any atom is -0.310 e. The third-order valence-corrected chi connectivity index (χ3v) is 3.95. The van der Waals surface area contributed by atoms with Crippen LogP contribution in [0.1, 0.15) is 48.6 Å². The van der Waals surface area contributed by atoms with Gasteiger partial charge in [-0.2, -0.15) is 5.10 Å². The number of nitrogens with one attached hydrogen (secondary N) is 1. The van der Waals surface area contributed by atoms with Crippen LogP contribution in [0.3, 0.4) is 0 Å². The molecule has 2 aromatic rings. The van der Waals surface area contributed by atoms with E-state index in [1.165, 1.54) is 22.3 Å². The molecule has 21 heavy (non-hydrogen) atoms. The summed E-state index contributed by atoms with van der Waals surface area (Å²) in [5.74, 6) is 0. The maximum atomic E-state index is 4.42. The van der Waals surface area contributed by atoms with E-state index in [0.29, 0.717) is 6.04 Å². The Morgan fingerprint density at radius 2 is 2.05 bits per heavy atom. The fourth-order valence-corrected chi connectivity index (χ4v) is 2.60. The first-order valence-electron chi connectivity index (χ1n) is 7.95. The minimum absolute atomic E-state index is 0.339. The highest BCUT2D eigenvalue weighted by Gasteiger charge is 2.14. The molecule has 1 atom stereocenters. The average Bonchev–Trinajstić information content (AvgIpc) is 2.95. The fraction of sp³-hybridized carbons (Fsp3) is 0.500. The molecule has 0 radical (unpaired) electrons. The number of benzene rings is 1. The van der Waals surface area contributed by atoms with Crippen molar-refractivity contribution < 1.29 is 0 Å². The molecule has 3 nitrogen and oxygen atoms in total. The standard InChI is InChI=1S/C18H27N3/c1-5-9-19-18(17-12-20-21(6-2)13-17)11-16-10-14(3)7-8-15(16)4/h7-8,10,12-13,18-19H,5-6,9,11H2,1-4H3. The van der Waals surface area contributed by atoms with Crippen LogP contribution < -0.4 is 5.32 Å². The highest BCUT2D eigenvalue weighted by Crippen LogP contribution is 2.21. The van der Waals surface area contributed by atoms with Crippen LogP contribution in [0.15, 0.2) is 30.6 Å². The largest absolute Gasteiger partial charge is 0.310 e. The van der Waals surface area contributed by atoms with E-state index in [-0.39, 0.29) is 0 Å². The van der Waals surface area contributed by atoms with Gasteiger partial charge in [-0.1, -0.05) is 30.7 Å². The number of hydrogen-bond donors (Lipinski definition) is 1. The van der Waals surface area contributed by atoms with Crippen molar-refractivity contribution in [3.8, 4) is 0 Å². The zero-order valence-electron chi connectivity index (χ0n) is 13.7. The molecule has 1 unspecified atom stereocenters. The first kappa shape index (κ1) is 15.8. The summed E-state index contributed by atoms with van der Waals surface area (Å²) >= 11 is 0. The van der Waals surface area contributed by atoms with Gasteiger partial charge < -0.3 is 5.32 Å². The molecule has 0 fully saturated rings. The average molecular weight is 285 g/mol. The van der Waals surface area contributed by atoms with E-state index >= 15 is 0 Å². The fourth-order valence-electron chi connectivity index (χ4n) is 2.60. The molecule has 1 heterocycles. The molecule has 3 heteroatoms. The highest BCUT2D eigenvalue weighted by molar-refractivity contribution is 5.32. The summed E-state index contributed by atoms with van der Waals surface area (Å²) in [7, 11) is 0. The van der Waals surface area contributed by atoms with E-state index in [0.717, 1.165) is 25.9 Å². The van der Waals surface area contributed by atoms with Gasteiger partial charge in [0.25, 0.3) is 0 Å². The summed E-state index contributed by atoms with van der Waals surface area (Å²) in [4.78, 5) is 0. The van der Waals surface area contributed by atoms with Gasteiger partial charge in [-0.3, -0.25) is 4.68 Å². The zero-order chi connectivity index (χ0) is 15.2. The smallest absolute Gasteiger partial charge is 0.0537 e.